The average molecular weight is 149 g/mol. The lowest BCUT2D eigenvalue weighted by molar-refractivity contribution is 0.655. The van der Waals surface area contributed by atoms with Crippen molar-refractivity contribution in [3.8, 4) is 0 Å². The van der Waals surface area contributed by atoms with E-state index >= 15 is 0 Å². The molecule has 0 aromatic heterocycles. The van der Waals surface area contributed by atoms with Gasteiger partial charge in [-0.3, -0.25) is 0 Å². The van der Waals surface area contributed by atoms with Crippen molar-refractivity contribution >= 4 is 5.69 Å². The van der Waals surface area contributed by atoms with Crippen molar-refractivity contribution in [2.75, 3.05) is 5.43 Å². The van der Waals surface area contributed by atoms with Crippen molar-refractivity contribution < 1.29 is 0 Å². The molecule has 2 rings (SSSR count). The van der Waals surface area contributed by atoms with Crippen molar-refractivity contribution in [1.29, 1.82) is 0 Å². The third-order valence-corrected chi connectivity index (χ3v) is 1.90. The summed E-state index contributed by atoms with van der Waals surface area (Å²) < 4.78 is 0. The summed E-state index contributed by atoms with van der Waals surface area (Å²) in [5, 5.41) is 0. The molecule has 0 spiro atoms. The topological polar surface area (TPSA) is 50.1 Å². The molecule has 0 aliphatic carbocycles. The highest BCUT2D eigenvalue weighted by atomic mass is 15.4. The van der Waals surface area contributed by atoms with E-state index in [1.54, 1.807) is 0 Å². The van der Waals surface area contributed by atoms with Crippen molar-refractivity contribution in [1.82, 2.24) is 5.43 Å². The molecule has 1 aromatic rings. The Balaban J connectivity index is 2.52. The van der Waals surface area contributed by atoms with Crippen LogP contribution < -0.4 is 16.6 Å². The van der Waals surface area contributed by atoms with Gasteiger partial charge in [0.1, 0.15) is 6.17 Å². The minimum absolute atomic E-state index is 0.0649. The molecule has 1 aliphatic rings. The van der Waals surface area contributed by atoms with Crippen LogP contribution in [0.4, 0.5) is 5.69 Å². The van der Waals surface area contributed by atoms with Crippen LogP contribution in [0.2, 0.25) is 0 Å². The molecule has 0 saturated carbocycles. The summed E-state index contributed by atoms with van der Waals surface area (Å²) in [6.45, 7) is 2.06. The van der Waals surface area contributed by atoms with Gasteiger partial charge in [-0.15, -0.1) is 0 Å². The third-order valence-electron chi connectivity index (χ3n) is 1.90. The third kappa shape index (κ3) is 0.982. The number of nitrogens with one attached hydrogen (secondary N) is 2. The predicted molar refractivity (Wildman–Crippen MR) is 44.9 cm³/mol. The highest BCUT2D eigenvalue weighted by Gasteiger charge is 2.16. The Labute approximate surface area is 65.6 Å². The number of benzene rings is 1. The van der Waals surface area contributed by atoms with Crippen LogP contribution in [-0.2, 0) is 0 Å². The molecule has 11 heavy (non-hydrogen) atoms. The maximum absolute atomic E-state index is 5.74. The molecular formula is C8H11N3. The lowest BCUT2D eigenvalue weighted by Crippen LogP contribution is -2.25. The second kappa shape index (κ2) is 2.22. The minimum atomic E-state index is -0.0649. The SMILES string of the molecule is Cc1ccc2c(c1)C(N)NN2. The molecule has 3 heteroatoms. The largest absolute Gasteiger partial charge is 0.319 e. The molecule has 1 aromatic carbocycles. The van der Waals surface area contributed by atoms with Crippen LogP contribution in [-0.4, -0.2) is 0 Å². The molecule has 0 fully saturated rings. The monoisotopic (exact) mass is 149 g/mol. The summed E-state index contributed by atoms with van der Waals surface area (Å²) in [4.78, 5) is 0. The summed E-state index contributed by atoms with van der Waals surface area (Å²) in [6, 6.07) is 6.18. The number of aryl methyl sites for hydroxylation is 1. The van der Waals surface area contributed by atoms with Crippen LogP contribution in [0.15, 0.2) is 18.2 Å². The first kappa shape index (κ1) is 6.64. The van der Waals surface area contributed by atoms with Crippen LogP contribution in [0.1, 0.15) is 17.3 Å². The van der Waals surface area contributed by atoms with E-state index in [2.05, 4.69) is 29.9 Å². The molecule has 0 saturated heterocycles. The minimum Gasteiger partial charge on any atom is -0.319 e. The fraction of sp³-hybridized carbons (Fsp3) is 0.250. The zero-order valence-electron chi connectivity index (χ0n) is 6.39. The maximum Gasteiger partial charge on any atom is 0.100 e. The van der Waals surface area contributed by atoms with Crippen molar-refractivity contribution in [3.05, 3.63) is 29.3 Å². The standard InChI is InChI=1S/C8H11N3/c1-5-2-3-7-6(4-5)8(9)11-10-7/h2-4,8,10-11H,9H2,1H3. The molecule has 4 N–H and O–H groups in total. The Hall–Kier alpha value is -1.06. The summed E-state index contributed by atoms with van der Waals surface area (Å²) in [5.41, 5.74) is 15.2. The Kier molecular flexibility index (Phi) is 1.34. The van der Waals surface area contributed by atoms with E-state index in [9.17, 15) is 0 Å². The fourth-order valence-corrected chi connectivity index (χ4v) is 1.29. The van der Waals surface area contributed by atoms with Gasteiger partial charge in [0.2, 0.25) is 0 Å². The van der Waals surface area contributed by atoms with Crippen LogP contribution in [0.25, 0.3) is 0 Å². The second-order valence-corrected chi connectivity index (χ2v) is 2.84. The van der Waals surface area contributed by atoms with Gasteiger partial charge in [0.25, 0.3) is 0 Å². The highest BCUT2D eigenvalue weighted by Crippen LogP contribution is 2.25. The zero-order chi connectivity index (χ0) is 7.84. The molecule has 0 amide bonds. The molecule has 1 unspecified atom stereocenters. The van der Waals surface area contributed by atoms with Crippen molar-refractivity contribution in [3.63, 3.8) is 0 Å². The number of rotatable bonds is 0. The lowest BCUT2D eigenvalue weighted by Gasteiger charge is -2.01. The fourth-order valence-electron chi connectivity index (χ4n) is 1.29. The first-order chi connectivity index (χ1) is 5.27. The quantitative estimate of drug-likeness (QED) is 0.513. The van der Waals surface area contributed by atoms with Gasteiger partial charge in [-0.05, 0) is 13.0 Å². The van der Waals surface area contributed by atoms with E-state index in [4.69, 9.17) is 5.73 Å². The molecule has 1 aliphatic heterocycles. The average Bonchev–Trinajstić information content (AvgIpc) is 2.33. The molecule has 1 heterocycles. The maximum atomic E-state index is 5.74. The molecule has 0 radical (unpaired) electrons. The van der Waals surface area contributed by atoms with Gasteiger partial charge in [-0.1, -0.05) is 17.7 Å². The van der Waals surface area contributed by atoms with E-state index in [0.717, 1.165) is 11.3 Å². The van der Waals surface area contributed by atoms with E-state index in [1.807, 2.05) is 6.07 Å². The summed E-state index contributed by atoms with van der Waals surface area (Å²) >= 11 is 0. The van der Waals surface area contributed by atoms with Crippen LogP contribution in [0.5, 0.6) is 0 Å². The number of hydrazine groups is 1. The number of anilines is 1. The van der Waals surface area contributed by atoms with Gasteiger partial charge >= 0.3 is 0 Å². The summed E-state index contributed by atoms with van der Waals surface area (Å²) in [7, 11) is 0. The van der Waals surface area contributed by atoms with Gasteiger partial charge in [0.15, 0.2) is 0 Å². The Morgan fingerprint density at radius 1 is 1.45 bits per heavy atom. The van der Waals surface area contributed by atoms with Crippen molar-refractivity contribution in [2.45, 2.75) is 13.1 Å². The molecule has 0 bridgehead atoms. The summed E-state index contributed by atoms with van der Waals surface area (Å²) in [5.74, 6) is 0. The number of hydrogen-bond donors (Lipinski definition) is 3. The molecule has 1 atom stereocenters. The predicted octanol–water partition coefficient (Wildman–Crippen LogP) is 0.882. The molecule has 3 nitrogen and oxygen atoms in total. The number of fused-ring (bicyclic) bond motifs is 1. The highest BCUT2D eigenvalue weighted by molar-refractivity contribution is 5.56. The van der Waals surface area contributed by atoms with Gasteiger partial charge in [-0.25, -0.2) is 5.43 Å². The number of hydrogen-bond acceptors (Lipinski definition) is 3. The van der Waals surface area contributed by atoms with Crippen molar-refractivity contribution in [2.24, 2.45) is 5.73 Å². The lowest BCUT2D eigenvalue weighted by atomic mass is 10.1. The van der Waals surface area contributed by atoms with E-state index in [-0.39, 0.29) is 6.17 Å². The Morgan fingerprint density at radius 2 is 2.27 bits per heavy atom. The summed E-state index contributed by atoms with van der Waals surface area (Å²) in [6.07, 6.45) is -0.0649. The van der Waals surface area contributed by atoms with Gasteiger partial charge in [-0.2, -0.15) is 0 Å². The molecule has 58 valence electrons. The second-order valence-electron chi connectivity index (χ2n) is 2.84. The van der Waals surface area contributed by atoms with E-state index < -0.39 is 0 Å². The van der Waals surface area contributed by atoms with Gasteiger partial charge in [0, 0.05) is 5.56 Å². The van der Waals surface area contributed by atoms with Crippen LogP contribution >= 0.6 is 0 Å². The molecular weight excluding hydrogens is 138 g/mol. The normalized spacial score (nSPS) is 21.1. The Bertz CT molecular complexity index is 283. The first-order valence-electron chi connectivity index (χ1n) is 3.65. The van der Waals surface area contributed by atoms with Crippen LogP contribution in [0, 0.1) is 6.92 Å². The van der Waals surface area contributed by atoms with Gasteiger partial charge < -0.3 is 11.2 Å². The number of nitrogens with two attached hydrogens (primary N) is 1. The Morgan fingerprint density at radius 3 is 3.09 bits per heavy atom. The van der Waals surface area contributed by atoms with Gasteiger partial charge in [0.05, 0.1) is 5.69 Å². The van der Waals surface area contributed by atoms with E-state index in [1.165, 1.54) is 5.56 Å². The smallest absolute Gasteiger partial charge is 0.100 e. The van der Waals surface area contributed by atoms with E-state index in [0.29, 0.717) is 0 Å². The zero-order valence-corrected chi connectivity index (χ0v) is 6.39. The van der Waals surface area contributed by atoms with Crippen LogP contribution in [0.3, 0.4) is 0 Å². The first-order valence-corrected chi connectivity index (χ1v) is 3.65.